The highest BCUT2D eigenvalue weighted by molar-refractivity contribution is 5.69. The number of nitrogens with zero attached hydrogens (tertiary/aromatic N) is 5. The predicted molar refractivity (Wildman–Crippen MR) is 87.3 cm³/mol. The van der Waals surface area contributed by atoms with Crippen molar-refractivity contribution < 1.29 is 0 Å². The Morgan fingerprint density at radius 1 is 1.14 bits per heavy atom. The molecule has 0 bridgehead atoms. The molecule has 0 aliphatic rings. The van der Waals surface area contributed by atoms with Crippen LogP contribution in [0.5, 0.6) is 0 Å². The molecule has 6 nitrogen and oxygen atoms in total. The highest BCUT2D eigenvalue weighted by Gasteiger charge is 2.10. The fraction of sp³-hybridized carbons (Fsp3) is 0.312. The van der Waals surface area contributed by atoms with Crippen LogP contribution in [-0.4, -0.2) is 33.2 Å². The lowest BCUT2D eigenvalue weighted by molar-refractivity contribution is 0.708. The maximum absolute atomic E-state index is 12.5. The van der Waals surface area contributed by atoms with Crippen molar-refractivity contribution in [2.24, 2.45) is 0 Å². The van der Waals surface area contributed by atoms with E-state index < -0.39 is 0 Å². The number of benzene rings is 1. The van der Waals surface area contributed by atoms with Gasteiger partial charge in [-0.3, -0.25) is 9.36 Å². The zero-order valence-electron chi connectivity index (χ0n) is 13.0. The minimum absolute atomic E-state index is 0.0474. The van der Waals surface area contributed by atoms with Gasteiger partial charge in [0, 0.05) is 32.9 Å². The van der Waals surface area contributed by atoms with Crippen molar-refractivity contribution in [1.29, 1.82) is 0 Å². The summed E-state index contributed by atoms with van der Waals surface area (Å²) in [6.45, 7) is 3.13. The van der Waals surface area contributed by atoms with E-state index in [0.29, 0.717) is 24.3 Å². The summed E-state index contributed by atoms with van der Waals surface area (Å²) in [6.07, 6.45) is 3.23. The van der Waals surface area contributed by atoms with Crippen molar-refractivity contribution in [3.8, 4) is 0 Å². The van der Waals surface area contributed by atoms with Gasteiger partial charge in [-0.2, -0.15) is 0 Å². The molecule has 0 atom stereocenters. The molecule has 0 N–H and O–H groups in total. The van der Waals surface area contributed by atoms with Crippen molar-refractivity contribution in [2.45, 2.75) is 20.0 Å². The molecule has 0 spiro atoms. The fourth-order valence-corrected chi connectivity index (χ4v) is 2.47. The number of hydrogen-bond acceptors (Lipinski definition) is 4. The molecule has 3 rings (SSSR count). The number of rotatable bonds is 4. The Labute approximate surface area is 128 Å². The largest absolute Gasteiger partial charge is 0.378 e. The van der Waals surface area contributed by atoms with Crippen LogP contribution in [-0.2, 0) is 13.1 Å². The second kappa shape index (κ2) is 5.63. The SMILES string of the molecule is CCn1cnc2ncn(Cc3cccc(N(C)C)c3)c2c1=O. The second-order valence-corrected chi connectivity index (χ2v) is 5.44. The van der Waals surface area contributed by atoms with Crippen molar-refractivity contribution in [1.82, 2.24) is 19.1 Å². The molecule has 1 aromatic carbocycles. The van der Waals surface area contributed by atoms with E-state index in [2.05, 4.69) is 27.0 Å². The van der Waals surface area contributed by atoms with Crippen LogP contribution in [0.3, 0.4) is 0 Å². The average Bonchev–Trinajstić information content (AvgIpc) is 2.92. The van der Waals surface area contributed by atoms with Crippen molar-refractivity contribution in [3.05, 3.63) is 52.8 Å². The Kier molecular flexibility index (Phi) is 3.66. The second-order valence-electron chi connectivity index (χ2n) is 5.44. The van der Waals surface area contributed by atoms with Gasteiger partial charge in [0.05, 0.1) is 6.33 Å². The van der Waals surface area contributed by atoms with Gasteiger partial charge in [-0.05, 0) is 24.6 Å². The number of aryl methyl sites for hydroxylation is 1. The Morgan fingerprint density at radius 2 is 1.86 bits per heavy atom. The smallest absolute Gasteiger partial charge is 0.279 e. The number of imidazole rings is 1. The van der Waals surface area contributed by atoms with Crippen LogP contribution in [0.1, 0.15) is 12.5 Å². The predicted octanol–water partition coefficient (Wildman–Crippen LogP) is 1.73. The van der Waals surface area contributed by atoms with Gasteiger partial charge < -0.3 is 9.47 Å². The van der Waals surface area contributed by atoms with E-state index in [-0.39, 0.29) is 5.56 Å². The number of fused-ring (bicyclic) bond motifs is 1. The molecule has 0 unspecified atom stereocenters. The molecule has 0 saturated carbocycles. The van der Waals surface area contributed by atoms with E-state index in [0.717, 1.165) is 11.3 Å². The third kappa shape index (κ3) is 2.47. The van der Waals surface area contributed by atoms with E-state index in [4.69, 9.17) is 0 Å². The van der Waals surface area contributed by atoms with E-state index in [1.54, 1.807) is 17.2 Å². The van der Waals surface area contributed by atoms with Gasteiger partial charge in [0.15, 0.2) is 11.2 Å². The number of aromatic nitrogens is 4. The van der Waals surface area contributed by atoms with Gasteiger partial charge in [0.25, 0.3) is 5.56 Å². The quantitative estimate of drug-likeness (QED) is 0.736. The molecule has 0 aliphatic heterocycles. The van der Waals surface area contributed by atoms with Crippen molar-refractivity contribution in [2.75, 3.05) is 19.0 Å². The van der Waals surface area contributed by atoms with Gasteiger partial charge in [-0.25, -0.2) is 9.97 Å². The van der Waals surface area contributed by atoms with Crippen LogP contribution in [0.2, 0.25) is 0 Å². The third-order valence-corrected chi connectivity index (χ3v) is 3.72. The van der Waals surface area contributed by atoms with Gasteiger partial charge >= 0.3 is 0 Å². The lowest BCUT2D eigenvalue weighted by atomic mass is 10.2. The highest BCUT2D eigenvalue weighted by atomic mass is 16.1. The molecule has 3 aromatic rings. The summed E-state index contributed by atoms with van der Waals surface area (Å²) >= 11 is 0. The van der Waals surface area contributed by atoms with Crippen molar-refractivity contribution in [3.63, 3.8) is 0 Å². The van der Waals surface area contributed by atoms with E-state index >= 15 is 0 Å². The normalized spacial score (nSPS) is 11.0. The topological polar surface area (TPSA) is 56.0 Å². The van der Waals surface area contributed by atoms with E-state index in [9.17, 15) is 4.79 Å². The molecule has 22 heavy (non-hydrogen) atoms. The Bertz CT molecular complexity index is 862. The molecule has 0 radical (unpaired) electrons. The summed E-state index contributed by atoms with van der Waals surface area (Å²) in [5.41, 5.74) is 3.26. The minimum atomic E-state index is -0.0474. The van der Waals surface area contributed by atoms with Gasteiger partial charge in [0.2, 0.25) is 0 Å². The average molecular weight is 297 g/mol. The summed E-state index contributed by atoms with van der Waals surface area (Å²) in [4.78, 5) is 23.0. The lowest BCUT2D eigenvalue weighted by Crippen LogP contribution is -2.21. The summed E-state index contributed by atoms with van der Waals surface area (Å²) in [7, 11) is 4.02. The van der Waals surface area contributed by atoms with Crippen LogP contribution in [0, 0.1) is 0 Å². The zero-order chi connectivity index (χ0) is 15.7. The molecule has 0 aliphatic carbocycles. The zero-order valence-corrected chi connectivity index (χ0v) is 13.0. The van der Waals surface area contributed by atoms with Crippen LogP contribution < -0.4 is 10.5 Å². The molecule has 0 saturated heterocycles. The molecule has 114 valence electrons. The molecule has 6 heteroatoms. The first-order valence-corrected chi connectivity index (χ1v) is 7.26. The summed E-state index contributed by atoms with van der Waals surface area (Å²) in [5.74, 6) is 0. The molecular weight excluding hydrogens is 278 g/mol. The summed E-state index contributed by atoms with van der Waals surface area (Å²) in [6, 6.07) is 8.24. The third-order valence-electron chi connectivity index (χ3n) is 3.72. The standard InChI is InChI=1S/C16H19N5O/c1-4-20-10-17-15-14(16(20)22)21(11-18-15)9-12-6-5-7-13(8-12)19(2)3/h5-8,10-11H,4,9H2,1-3H3. The van der Waals surface area contributed by atoms with Crippen molar-refractivity contribution >= 4 is 16.9 Å². The molecule has 0 fully saturated rings. The first kappa shape index (κ1) is 14.3. The highest BCUT2D eigenvalue weighted by Crippen LogP contribution is 2.15. The molecule has 0 amide bonds. The number of anilines is 1. The minimum Gasteiger partial charge on any atom is -0.378 e. The fourth-order valence-electron chi connectivity index (χ4n) is 2.47. The Balaban J connectivity index is 2.04. The maximum atomic E-state index is 12.5. The first-order chi connectivity index (χ1) is 10.6. The van der Waals surface area contributed by atoms with Crippen LogP contribution >= 0.6 is 0 Å². The Morgan fingerprint density at radius 3 is 2.55 bits per heavy atom. The maximum Gasteiger partial charge on any atom is 0.279 e. The Hall–Kier alpha value is -2.63. The first-order valence-electron chi connectivity index (χ1n) is 7.26. The molecule has 2 aromatic heterocycles. The monoisotopic (exact) mass is 297 g/mol. The summed E-state index contributed by atoms with van der Waals surface area (Å²) in [5, 5.41) is 0. The van der Waals surface area contributed by atoms with Crippen LogP contribution in [0.15, 0.2) is 41.7 Å². The number of hydrogen-bond donors (Lipinski definition) is 0. The van der Waals surface area contributed by atoms with Crippen LogP contribution in [0.4, 0.5) is 5.69 Å². The molecular formula is C16H19N5O. The van der Waals surface area contributed by atoms with Gasteiger partial charge in [0.1, 0.15) is 6.33 Å². The van der Waals surface area contributed by atoms with E-state index in [1.165, 1.54) is 0 Å². The van der Waals surface area contributed by atoms with E-state index in [1.807, 2.05) is 37.7 Å². The summed E-state index contributed by atoms with van der Waals surface area (Å²) < 4.78 is 3.46. The lowest BCUT2D eigenvalue weighted by Gasteiger charge is -2.14. The van der Waals surface area contributed by atoms with Gasteiger partial charge in [-0.1, -0.05) is 12.1 Å². The molecule has 2 heterocycles. The van der Waals surface area contributed by atoms with Crippen LogP contribution in [0.25, 0.3) is 11.2 Å². The van der Waals surface area contributed by atoms with Gasteiger partial charge in [-0.15, -0.1) is 0 Å².